The van der Waals surface area contributed by atoms with Crippen molar-refractivity contribution >= 4 is 0 Å². The maximum absolute atomic E-state index is 4.45. The molecule has 0 amide bonds. The first-order valence-electron chi connectivity index (χ1n) is 7.34. The molecule has 0 saturated heterocycles. The van der Waals surface area contributed by atoms with Crippen LogP contribution in [0, 0.1) is 17.3 Å². The fourth-order valence-corrected chi connectivity index (χ4v) is 4.27. The third-order valence-electron chi connectivity index (χ3n) is 5.17. The third-order valence-corrected chi connectivity index (χ3v) is 5.17. The van der Waals surface area contributed by atoms with Crippen molar-refractivity contribution in [3.63, 3.8) is 0 Å². The van der Waals surface area contributed by atoms with E-state index in [-0.39, 0.29) is 5.41 Å². The molecule has 1 fully saturated rings. The minimum absolute atomic E-state index is 0.224. The molecule has 0 aromatic rings. The molecule has 0 aromatic heterocycles. The molecular weight excluding hydrogens is 228 g/mol. The lowest BCUT2D eigenvalue weighted by molar-refractivity contribution is 0.374. The number of hydrogen-bond donors (Lipinski definition) is 0. The second-order valence-corrected chi connectivity index (χ2v) is 6.19. The minimum Gasteiger partial charge on any atom is -0.0991 e. The fraction of sp³-hybridized carbons (Fsp3) is 0.474. The van der Waals surface area contributed by atoms with Crippen molar-refractivity contribution in [3.05, 3.63) is 59.8 Å². The van der Waals surface area contributed by atoms with Crippen molar-refractivity contribution < 1.29 is 0 Å². The van der Waals surface area contributed by atoms with Crippen LogP contribution >= 0.6 is 0 Å². The van der Waals surface area contributed by atoms with E-state index in [4.69, 9.17) is 0 Å². The van der Waals surface area contributed by atoms with E-state index in [0.717, 1.165) is 0 Å². The molecule has 1 saturated carbocycles. The van der Waals surface area contributed by atoms with Crippen LogP contribution in [0.25, 0.3) is 0 Å². The number of allylic oxidation sites excluding steroid dienone is 8. The summed E-state index contributed by atoms with van der Waals surface area (Å²) in [6.45, 7) is 17.4. The Labute approximate surface area is 118 Å². The van der Waals surface area contributed by atoms with Crippen molar-refractivity contribution in [1.82, 2.24) is 0 Å². The summed E-state index contributed by atoms with van der Waals surface area (Å²) in [5.41, 5.74) is 6.09. The van der Waals surface area contributed by atoms with E-state index in [0.29, 0.717) is 11.8 Å². The molecule has 0 heterocycles. The Balaban J connectivity index is 2.48. The largest absolute Gasteiger partial charge is 0.0991 e. The van der Waals surface area contributed by atoms with E-state index in [9.17, 15) is 0 Å². The summed E-state index contributed by atoms with van der Waals surface area (Å²) in [7, 11) is 0. The number of rotatable bonds is 2. The van der Waals surface area contributed by atoms with Gasteiger partial charge in [0.15, 0.2) is 0 Å². The highest BCUT2D eigenvalue weighted by Crippen LogP contribution is 2.61. The summed E-state index contributed by atoms with van der Waals surface area (Å²) in [6.07, 6.45) is 10.9. The molecule has 1 spiro atoms. The lowest BCUT2D eigenvalue weighted by Crippen LogP contribution is -2.17. The SMILES string of the molecule is C=C/C=C\C1=C(C)C2(CC1C)CC(C)/C(=C/C)C2=C. The monoisotopic (exact) mass is 254 g/mol. The molecule has 0 bridgehead atoms. The van der Waals surface area contributed by atoms with Gasteiger partial charge in [0.05, 0.1) is 0 Å². The molecule has 3 atom stereocenters. The van der Waals surface area contributed by atoms with Gasteiger partial charge in [0.25, 0.3) is 0 Å². The molecule has 3 unspecified atom stereocenters. The Bertz CT molecular complexity index is 498. The third kappa shape index (κ3) is 1.98. The van der Waals surface area contributed by atoms with Gasteiger partial charge in [-0.1, -0.05) is 56.9 Å². The Morgan fingerprint density at radius 2 is 1.84 bits per heavy atom. The van der Waals surface area contributed by atoms with E-state index in [1.165, 1.54) is 35.1 Å². The van der Waals surface area contributed by atoms with Crippen LogP contribution in [-0.4, -0.2) is 0 Å². The predicted molar refractivity (Wildman–Crippen MR) is 84.9 cm³/mol. The molecule has 0 N–H and O–H groups in total. The standard InChI is InChI=1S/C19H26/c1-7-9-10-18-14(4)12-19(16(18)6)11-13(3)17(8-2)15(19)5/h7-10,13-14H,1,5,11-12H2,2-4,6H3/b10-9-,17-8-. The average molecular weight is 254 g/mol. The summed E-state index contributed by atoms with van der Waals surface area (Å²) in [5, 5.41) is 0. The molecule has 102 valence electrons. The van der Waals surface area contributed by atoms with Gasteiger partial charge in [0.1, 0.15) is 0 Å². The van der Waals surface area contributed by atoms with Crippen LogP contribution in [0.4, 0.5) is 0 Å². The van der Waals surface area contributed by atoms with Crippen molar-refractivity contribution in [2.24, 2.45) is 17.3 Å². The molecule has 0 heteroatoms. The maximum atomic E-state index is 4.45. The van der Waals surface area contributed by atoms with Crippen LogP contribution < -0.4 is 0 Å². The van der Waals surface area contributed by atoms with E-state index in [2.05, 4.69) is 59.1 Å². The van der Waals surface area contributed by atoms with E-state index < -0.39 is 0 Å². The first-order chi connectivity index (χ1) is 8.97. The average Bonchev–Trinajstić information content (AvgIpc) is 2.74. The van der Waals surface area contributed by atoms with Gasteiger partial charge >= 0.3 is 0 Å². The Hall–Kier alpha value is -1.30. The summed E-state index contributed by atoms with van der Waals surface area (Å²) in [4.78, 5) is 0. The summed E-state index contributed by atoms with van der Waals surface area (Å²) < 4.78 is 0. The van der Waals surface area contributed by atoms with E-state index in [1.807, 2.05) is 6.08 Å². The zero-order valence-electron chi connectivity index (χ0n) is 12.8. The molecular formula is C19H26. The van der Waals surface area contributed by atoms with Gasteiger partial charge in [0, 0.05) is 5.41 Å². The molecule has 0 nitrogen and oxygen atoms in total. The van der Waals surface area contributed by atoms with E-state index in [1.54, 1.807) is 0 Å². The second-order valence-electron chi connectivity index (χ2n) is 6.19. The Morgan fingerprint density at radius 1 is 1.21 bits per heavy atom. The highest BCUT2D eigenvalue weighted by molar-refractivity contribution is 5.52. The van der Waals surface area contributed by atoms with Crippen molar-refractivity contribution in [1.29, 1.82) is 0 Å². The summed E-state index contributed by atoms with van der Waals surface area (Å²) in [6, 6.07) is 0. The lowest BCUT2D eigenvalue weighted by atomic mass is 9.75. The van der Waals surface area contributed by atoms with Gasteiger partial charge in [-0.3, -0.25) is 0 Å². The lowest BCUT2D eigenvalue weighted by Gasteiger charge is -2.28. The van der Waals surface area contributed by atoms with Crippen molar-refractivity contribution in [3.8, 4) is 0 Å². The van der Waals surface area contributed by atoms with Crippen molar-refractivity contribution in [2.75, 3.05) is 0 Å². The molecule has 2 rings (SSSR count). The molecule has 19 heavy (non-hydrogen) atoms. The zero-order chi connectivity index (χ0) is 14.2. The van der Waals surface area contributed by atoms with Crippen molar-refractivity contribution in [2.45, 2.75) is 40.5 Å². The highest BCUT2D eigenvalue weighted by Gasteiger charge is 2.49. The highest BCUT2D eigenvalue weighted by atomic mass is 14.5. The molecule has 0 radical (unpaired) electrons. The van der Waals surface area contributed by atoms with E-state index >= 15 is 0 Å². The van der Waals surface area contributed by atoms with Crippen LogP contribution in [0.2, 0.25) is 0 Å². The molecule has 2 aliphatic rings. The molecule has 0 aliphatic heterocycles. The fourth-order valence-electron chi connectivity index (χ4n) is 4.27. The molecule has 2 aliphatic carbocycles. The smallest absolute Gasteiger partial charge is 0.0173 e. The normalized spacial score (nSPS) is 37.3. The Morgan fingerprint density at radius 3 is 2.37 bits per heavy atom. The summed E-state index contributed by atoms with van der Waals surface area (Å²) >= 11 is 0. The van der Waals surface area contributed by atoms with Gasteiger partial charge in [-0.2, -0.15) is 0 Å². The summed E-state index contributed by atoms with van der Waals surface area (Å²) in [5.74, 6) is 1.26. The van der Waals surface area contributed by atoms with Gasteiger partial charge in [-0.05, 0) is 55.2 Å². The van der Waals surface area contributed by atoms with Crippen LogP contribution in [0.3, 0.4) is 0 Å². The molecule has 0 aromatic carbocycles. The maximum Gasteiger partial charge on any atom is 0.0173 e. The van der Waals surface area contributed by atoms with Crippen LogP contribution in [0.5, 0.6) is 0 Å². The number of hydrogen-bond acceptors (Lipinski definition) is 0. The zero-order valence-corrected chi connectivity index (χ0v) is 12.8. The van der Waals surface area contributed by atoms with Gasteiger partial charge in [-0.25, -0.2) is 0 Å². The second kappa shape index (κ2) is 5.00. The topological polar surface area (TPSA) is 0 Å². The van der Waals surface area contributed by atoms with Crippen LogP contribution in [-0.2, 0) is 0 Å². The predicted octanol–water partition coefficient (Wildman–Crippen LogP) is 5.61. The Kier molecular flexibility index (Phi) is 3.71. The van der Waals surface area contributed by atoms with Gasteiger partial charge in [-0.15, -0.1) is 0 Å². The van der Waals surface area contributed by atoms with Crippen LogP contribution in [0.1, 0.15) is 40.5 Å². The van der Waals surface area contributed by atoms with Crippen LogP contribution in [0.15, 0.2) is 59.8 Å². The van der Waals surface area contributed by atoms with Gasteiger partial charge < -0.3 is 0 Å². The first kappa shape index (κ1) is 14.1. The quantitative estimate of drug-likeness (QED) is 0.561. The van der Waals surface area contributed by atoms with Gasteiger partial charge in [0.2, 0.25) is 0 Å². The minimum atomic E-state index is 0.224. The first-order valence-corrected chi connectivity index (χ1v) is 7.34.